The van der Waals surface area contributed by atoms with Crippen LogP contribution in [0.4, 0.5) is 0 Å². The van der Waals surface area contributed by atoms with Crippen LogP contribution in [0.1, 0.15) is 5.56 Å². The molecule has 0 spiro atoms. The molecule has 6 heteroatoms. The van der Waals surface area contributed by atoms with Crippen molar-refractivity contribution < 1.29 is 4.74 Å². The molecule has 0 fully saturated rings. The van der Waals surface area contributed by atoms with E-state index in [0.717, 1.165) is 0 Å². The van der Waals surface area contributed by atoms with E-state index in [1.807, 2.05) is 0 Å². The van der Waals surface area contributed by atoms with Gasteiger partial charge in [0.1, 0.15) is 23.3 Å². The Hall–Kier alpha value is -0.730. The standard InChI is InChI=1S/C11H5Cl2NOS2/c12-8-2-1-6(3-9(8)13)10-7(4-14)11(16)17-5-15-10/h1-3H,5H2. The van der Waals surface area contributed by atoms with Crippen molar-refractivity contribution in [2.45, 2.75) is 0 Å². The summed E-state index contributed by atoms with van der Waals surface area (Å²) < 4.78 is 6.01. The number of nitrogens with zero attached hydrogens (tertiary/aromatic N) is 1. The predicted octanol–water partition coefficient (Wildman–Crippen LogP) is 4.28. The minimum absolute atomic E-state index is 0.370. The summed E-state index contributed by atoms with van der Waals surface area (Å²) in [6.45, 7) is 0. The highest BCUT2D eigenvalue weighted by atomic mass is 35.5. The van der Waals surface area contributed by atoms with Crippen LogP contribution in [0.25, 0.3) is 5.76 Å². The van der Waals surface area contributed by atoms with Gasteiger partial charge in [0, 0.05) is 5.56 Å². The zero-order chi connectivity index (χ0) is 12.4. The molecule has 0 aliphatic carbocycles. The molecule has 86 valence electrons. The summed E-state index contributed by atoms with van der Waals surface area (Å²) >= 11 is 18.2. The van der Waals surface area contributed by atoms with Crippen molar-refractivity contribution in [3.63, 3.8) is 0 Å². The Balaban J connectivity index is 2.55. The topological polar surface area (TPSA) is 33.0 Å². The van der Waals surface area contributed by atoms with E-state index in [9.17, 15) is 0 Å². The lowest BCUT2D eigenvalue weighted by atomic mass is 10.1. The second-order valence-electron chi connectivity index (χ2n) is 3.14. The molecule has 0 aromatic heterocycles. The Morgan fingerprint density at radius 3 is 2.76 bits per heavy atom. The van der Waals surface area contributed by atoms with Crippen LogP contribution in [0.2, 0.25) is 10.0 Å². The number of hydrogen-bond acceptors (Lipinski definition) is 4. The van der Waals surface area contributed by atoms with Crippen LogP contribution in [-0.2, 0) is 4.74 Å². The Bertz CT molecular complexity index is 563. The average molecular weight is 302 g/mol. The minimum atomic E-state index is 0.370. The Morgan fingerprint density at radius 1 is 1.35 bits per heavy atom. The third-order valence-corrected chi connectivity index (χ3v) is 4.12. The van der Waals surface area contributed by atoms with Crippen LogP contribution < -0.4 is 0 Å². The highest BCUT2D eigenvalue weighted by Crippen LogP contribution is 2.33. The van der Waals surface area contributed by atoms with E-state index in [1.165, 1.54) is 11.8 Å². The van der Waals surface area contributed by atoms with Gasteiger partial charge in [-0.3, -0.25) is 0 Å². The summed E-state index contributed by atoms with van der Waals surface area (Å²) in [5.74, 6) is 0.870. The van der Waals surface area contributed by atoms with Crippen LogP contribution in [-0.4, -0.2) is 10.1 Å². The molecule has 2 nitrogen and oxygen atoms in total. The summed E-state index contributed by atoms with van der Waals surface area (Å²) in [7, 11) is 0. The molecule has 0 saturated heterocycles. The lowest BCUT2D eigenvalue weighted by Crippen LogP contribution is -2.08. The molecule has 0 bridgehead atoms. The van der Waals surface area contributed by atoms with Gasteiger partial charge in [-0.25, -0.2) is 0 Å². The molecular formula is C11H5Cl2NOS2. The van der Waals surface area contributed by atoms with E-state index in [2.05, 4.69) is 6.07 Å². The smallest absolute Gasteiger partial charge is 0.147 e. The molecule has 1 aliphatic rings. The van der Waals surface area contributed by atoms with Gasteiger partial charge in [-0.2, -0.15) is 5.26 Å². The van der Waals surface area contributed by atoms with Gasteiger partial charge < -0.3 is 4.74 Å². The highest BCUT2D eigenvalue weighted by Gasteiger charge is 2.21. The second-order valence-corrected chi connectivity index (χ2v) is 5.55. The van der Waals surface area contributed by atoms with Crippen molar-refractivity contribution in [3.05, 3.63) is 39.4 Å². The Labute approximate surface area is 118 Å². The van der Waals surface area contributed by atoms with E-state index in [1.54, 1.807) is 18.2 Å². The van der Waals surface area contributed by atoms with Gasteiger partial charge in [0.2, 0.25) is 0 Å². The number of benzene rings is 1. The largest absolute Gasteiger partial charge is 0.481 e. The van der Waals surface area contributed by atoms with Crippen molar-refractivity contribution in [1.82, 2.24) is 0 Å². The third kappa shape index (κ3) is 2.58. The maximum atomic E-state index is 9.07. The maximum Gasteiger partial charge on any atom is 0.147 e. The molecule has 0 saturated carbocycles. The number of ether oxygens (including phenoxy) is 1. The predicted molar refractivity (Wildman–Crippen MR) is 75.1 cm³/mol. The van der Waals surface area contributed by atoms with Crippen molar-refractivity contribution in [2.75, 3.05) is 5.94 Å². The quantitative estimate of drug-likeness (QED) is 0.725. The van der Waals surface area contributed by atoms with Crippen molar-refractivity contribution in [1.29, 1.82) is 5.26 Å². The highest BCUT2D eigenvalue weighted by molar-refractivity contribution is 8.23. The zero-order valence-corrected chi connectivity index (χ0v) is 11.5. The zero-order valence-electron chi connectivity index (χ0n) is 8.37. The fourth-order valence-electron chi connectivity index (χ4n) is 1.34. The number of rotatable bonds is 1. The van der Waals surface area contributed by atoms with E-state index >= 15 is 0 Å². The summed E-state index contributed by atoms with van der Waals surface area (Å²) in [6, 6.07) is 7.13. The lowest BCUT2D eigenvalue weighted by molar-refractivity contribution is 0.347. The molecule has 1 aliphatic heterocycles. The molecule has 0 amide bonds. The molecule has 1 aromatic carbocycles. The van der Waals surface area contributed by atoms with E-state index < -0.39 is 0 Å². The summed E-state index contributed by atoms with van der Waals surface area (Å²) in [6.07, 6.45) is 0. The van der Waals surface area contributed by atoms with Gasteiger partial charge >= 0.3 is 0 Å². The first kappa shape index (κ1) is 12.7. The van der Waals surface area contributed by atoms with Crippen molar-refractivity contribution >= 4 is 57.1 Å². The first-order valence-electron chi connectivity index (χ1n) is 4.53. The number of halogens is 2. The molecular weight excluding hydrogens is 297 g/mol. The van der Waals surface area contributed by atoms with Crippen molar-refractivity contribution in [2.24, 2.45) is 0 Å². The van der Waals surface area contributed by atoms with Gasteiger partial charge in [-0.1, -0.05) is 47.2 Å². The fourth-order valence-corrected chi connectivity index (χ4v) is 2.49. The van der Waals surface area contributed by atoms with Gasteiger partial charge in [0.15, 0.2) is 0 Å². The molecule has 2 rings (SSSR count). The van der Waals surface area contributed by atoms with Crippen molar-refractivity contribution in [3.8, 4) is 6.07 Å². The van der Waals surface area contributed by atoms with Gasteiger partial charge in [0.25, 0.3) is 0 Å². The molecule has 0 N–H and O–H groups in total. The lowest BCUT2D eigenvalue weighted by Gasteiger charge is -2.18. The van der Waals surface area contributed by atoms with Crippen LogP contribution in [0.15, 0.2) is 23.8 Å². The molecule has 0 unspecified atom stereocenters. The van der Waals surface area contributed by atoms with Crippen LogP contribution in [0, 0.1) is 11.3 Å². The Kier molecular flexibility index (Phi) is 3.95. The van der Waals surface area contributed by atoms with Crippen LogP contribution in [0.3, 0.4) is 0 Å². The average Bonchev–Trinajstić information content (AvgIpc) is 2.32. The van der Waals surface area contributed by atoms with E-state index in [0.29, 0.717) is 37.1 Å². The molecule has 1 heterocycles. The first-order chi connectivity index (χ1) is 8.13. The van der Waals surface area contributed by atoms with Crippen LogP contribution >= 0.6 is 47.2 Å². The molecule has 0 radical (unpaired) electrons. The monoisotopic (exact) mass is 301 g/mol. The minimum Gasteiger partial charge on any atom is -0.481 e. The number of nitriles is 1. The number of thiocarbonyl (C=S) groups is 1. The van der Waals surface area contributed by atoms with Gasteiger partial charge in [-0.15, -0.1) is 0 Å². The molecule has 17 heavy (non-hydrogen) atoms. The van der Waals surface area contributed by atoms with E-state index in [4.69, 9.17) is 45.4 Å². The van der Waals surface area contributed by atoms with E-state index in [-0.39, 0.29) is 0 Å². The van der Waals surface area contributed by atoms with Gasteiger partial charge in [-0.05, 0) is 18.2 Å². The number of hydrogen-bond donors (Lipinski definition) is 0. The maximum absolute atomic E-state index is 9.07. The third-order valence-electron chi connectivity index (χ3n) is 2.12. The summed E-state index contributed by atoms with van der Waals surface area (Å²) in [5, 5.41) is 9.95. The first-order valence-corrected chi connectivity index (χ1v) is 6.68. The van der Waals surface area contributed by atoms with Gasteiger partial charge in [0.05, 0.1) is 14.2 Å². The normalized spacial score (nSPS) is 15.5. The fraction of sp³-hybridized carbons (Fsp3) is 0.0909. The molecule has 0 atom stereocenters. The second kappa shape index (κ2) is 5.28. The number of thioether (sulfide) groups is 1. The Morgan fingerprint density at radius 2 is 2.12 bits per heavy atom. The summed E-state index contributed by atoms with van der Waals surface area (Å²) in [4.78, 5) is 0. The molecule has 1 aromatic rings. The SMILES string of the molecule is N#CC1=C(c2ccc(Cl)c(Cl)c2)OCSC1=S. The van der Waals surface area contributed by atoms with Crippen LogP contribution in [0.5, 0.6) is 0 Å². The summed E-state index contributed by atoms with van der Waals surface area (Å²) in [5.41, 5.74) is 1.08.